The first-order chi connectivity index (χ1) is 40.2. The number of Topliss-reactive ketones (excluding diaryl/α,β-unsaturated/α-hetero) is 1. The number of ether oxygens (including phenoxy) is 6. The molecule has 2 fully saturated rings. The fourth-order valence-electron chi connectivity index (χ4n) is 10.3. The third-order valence-electron chi connectivity index (χ3n) is 15.4. The van der Waals surface area contributed by atoms with Crippen molar-refractivity contribution in [3.05, 3.63) is 102 Å². The molecule has 85 heavy (non-hydrogen) atoms. The van der Waals surface area contributed by atoms with Gasteiger partial charge in [0.25, 0.3) is 11.8 Å². The predicted octanol–water partition coefficient (Wildman–Crippen LogP) is 5.49. The van der Waals surface area contributed by atoms with E-state index in [9.17, 15) is 47.9 Å². The van der Waals surface area contributed by atoms with Crippen LogP contribution in [0.2, 0.25) is 0 Å². The zero-order valence-electron chi connectivity index (χ0n) is 50.7. The minimum absolute atomic E-state index is 0.0923. The summed E-state index contributed by atoms with van der Waals surface area (Å²) in [6, 6.07) is 14.0. The van der Waals surface area contributed by atoms with Crippen LogP contribution in [-0.2, 0) is 68.6 Å². The van der Waals surface area contributed by atoms with E-state index in [-0.39, 0.29) is 51.1 Å². The third kappa shape index (κ3) is 17.4. The lowest BCUT2D eigenvalue weighted by molar-refractivity contribution is -0.165. The molecule has 1 unspecified atom stereocenters. The molecule has 2 saturated heterocycles. The normalized spacial score (nSPS) is 23.8. The second-order valence-electron chi connectivity index (χ2n) is 23.3. The van der Waals surface area contributed by atoms with Crippen molar-refractivity contribution in [1.82, 2.24) is 29.8 Å². The number of rotatable bonds is 8. The van der Waals surface area contributed by atoms with Gasteiger partial charge in [-0.1, -0.05) is 54.6 Å². The van der Waals surface area contributed by atoms with Gasteiger partial charge < -0.3 is 58.2 Å². The molecule has 0 aliphatic carbocycles. The fraction of sp³-hybridized carbons (Fsp3) is 0.524. The van der Waals surface area contributed by atoms with Crippen LogP contribution in [0.5, 0.6) is 17.2 Å². The van der Waals surface area contributed by atoms with E-state index in [1.165, 1.54) is 69.9 Å². The number of aryl methyl sites for hydroxylation is 1. The Hall–Kier alpha value is -8.30. The van der Waals surface area contributed by atoms with Crippen LogP contribution in [0.15, 0.2) is 84.9 Å². The molecule has 3 aromatic rings. The summed E-state index contributed by atoms with van der Waals surface area (Å²) in [4.78, 5) is 148. The van der Waals surface area contributed by atoms with Gasteiger partial charge >= 0.3 is 17.9 Å². The Labute approximate surface area is 497 Å². The number of amides is 6. The van der Waals surface area contributed by atoms with E-state index in [0.29, 0.717) is 48.3 Å². The van der Waals surface area contributed by atoms with Gasteiger partial charge in [-0.25, -0.2) is 9.59 Å². The maximum absolute atomic E-state index is 14.9. The van der Waals surface area contributed by atoms with Crippen molar-refractivity contribution >= 4 is 59.1 Å². The Morgan fingerprint density at radius 3 is 2.11 bits per heavy atom. The van der Waals surface area contributed by atoms with Gasteiger partial charge in [-0.2, -0.15) is 0 Å². The summed E-state index contributed by atoms with van der Waals surface area (Å²) >= 11 is 0. The summed E-state index contributed by atoms with van der Waals surface area (Å²) in [6.45, 7) is 8.68. The molecular formula is C63H82N6O16. The number of cyclic esters (lactones) is 2. The number of benzene rings is 3. The zero-order chi connectivity index (χ0) is 62.3. The van der Waals surface area contributed by atoms with Crippen molar-refractivity contribution in [2.24, 2.45) is 5.41 Å². The van der Waals surface area contributed by atoms with E-state index >= 15 is 0 Å². The molecule has 6 rings (SSSR count). The van der Waals surface area contributed by atoms with Gasteiger partial charge in [0.1, 0.15) is 54.3 Å². The number of fused-ring (bicyclic) bond motifs is 4. The van der Waals surface area contributed by atoms with Gasteiger partial charge in [0.15, 0.2) is 18.1 Å². The summed E-state index contributed by atoms with van der Waals surface area (Å²) in [6.07, 6.45) is 3.87. The van der Waals surface area contributed by atoms with Crippen LogP contribution in [0.4, 0.5) is 0 Å². The molecule has 22 heteroatoms. The highest BCUT2D eigenvalue weighted by Crippen LogP contribution is 2.33. The molecule has 0 saturated carbocycles. The zero-order valence-corrected chi connectivity index (χ0v) is 50.7. The highest BCUT2D eigenvalue weighted by atomic mass is 16.6. The molecular weight excluding hydrogens is 1100 g/mol. The maximum Gasteiger partial charge on any atom is 0.330 e. The molecule has 0 aromatic heterocycles. The standard InChI is InChI=1S/C63H82N6O16/c1-40-56(74)64-54(42-21-13-12-14-22-42)59(77)67(9)47(37-53(72)85-62(2,3)4)58(76)68-34-20-26-45(68)57(75)65(7)32-17-16-27-52(71)83-39-63(5,6)55(73)60(78)69-33-18-15-25-46(69)61(79)84-48(30-28-41-29-31-49(80-10)50(35-41)81-11)43-23-19-24-44(36-43)82-38-51(70)66(40)8/h12-14,16,19,21-24,27,29,31,35-36,40,45-48,54H,15,17-18,20,25-26,28,30,32-34,37-39H2,1-11H3,(H,64,74)/b27-16-/t40-,45-,46-,47-,48+,54?/m0/s1. The fourth-order valence-corrected chi connectivity index (χ4v) is 10.3. The highest BCUT2D eigenvalue weighted by Gasteiger charge is 2.45. The summed E-state index contributed by atoms with van der Waals surface area (Å²) in [7, 11) is 7.32. The number of ketones is 1. The smallest absolute Gasteiger partial charge is 0.330 e. The minimum Gasteiger partial charge on any atom is -0.493 e. The van der Waals surface area contributed by atoms with E-state index < -0.39 is 126 Å². The van der Waals surface area contributed by atoms with Crippen LogP contribution in [0.1, 0.15) is 122 Å². The molecule has 3 aliphatic heterocycles. The van der Waals surface area contributed by atoms with Crippen LogP contribution in [0.3, 0.4) is 0 Å². The molecule has 0 radical (unpaired) electrons. The predicted molar refractivity (Wildman–Crippen MR) is 310 cm³/mol. The van der Waals surface area contributed by atoms with Crippen molar-refractivity contribution in [3.8, 4) is 17.2 Å². The van der Waals surface area contributed by atoms with Crippen LogP contribution in [-0.4, -0.2) is 182 Å². The number of carbonyl (C=O) groups excluding carboxylic acids is 10. The van der Waals surface area contributed by atoms with Crippen molar-refractivity contribution in [2.75, 3.05) is 68.2 Å². The third-order valence-corrected chi connectivity index (χ3v) is 15.4. The van der Waals surface area contributed by atoms with Crippen molar-refractivity contribution in [2.45, 2.75) is 141 Å². The Balaban J connectivity index is 1.33. The molecule has 3 heterocycles. The number of nitrogens with one attached hydrogen (secondary N) is 1. The average Bonchev–Trinajstić information content (AvgIpc) is 4.24. The molecule has 0 spiro atoms. The van der Waals surface area contributed by atoms with E-state index in [1.54, 1.807) is 94.5 Å². The molecule has 6 amide bonds. The van der Waals surface area contributed by atoms with E-state index in [1.807, 2.05) is 6.07 Å². The summed E-state index contributed by atoms with van der Waals surface area (Å²) in [5.41, 5.74) is -0.837. The number of methoxy groups -OCH3 is 2. The number of piperidine rings is 1. The summed E-state index contributed by atoms with van der Waals surface area (Å²) < 4.78 is 34.4. The maximum atomic E-state index is 14.9. The van der Waals surface area contributed by atoms with E-state index in [4.69, 9.17) is 28.4 Å². The lowest BCUT2D eigenvalue weighted by Crippen LogP contribution is -2.57. The monoisotopic (exact) mass is 1180 g/mol. The van der Waals surface area contributed by atoms with Crippen LogP contribution < -0.4 is 19.5 Å². The van der Waals surface area contributed by atoms with Crippen molar-refractivity contribution in [1.29, 1.82) is 0 Å². The van der Waals surface area contributed by atoms with Crippen molar-refractivity contribution in [3.63, 3.8) is 0 Å². The molecule has 460 valence electrons. The van der Waals surface area contributed by atoms with Crippen LogP contribution in [0.25, 0.3) is 0 Å². The number of nitrogens with zero attached hydrogens (tertiary/aromatic N) is 5. The summed E-state index contributed by atoms with van der Waals surface area (Å²) in [5, 5.41) is 2.78. The van der Waals surface area contributed by atoms with Gasteiger partial charge in [-0.05, 0) is 134 Å². The second kappa shape index (κ2) is 29.5. The molecule has 6 atom stereocenters. The Bertz CT molecular complexity index is 2960. The Kier molecular flexibility index (Phi) is 22.8. The second-order valence-corrected chi connectivity index (χ2v) is 23.3. The molecule has 1 N–H and O–H groups in total. The first-order valence-electron chi connectivity index (χ1n) is 28.7. The summed E-state index contributed by atoms with van der Waals surface area (Å²) in [5.74, 6) is -6.20. The van der Waals surface area contributed by atoms with Crippen LogP contribution in [0, 0.1) is 5.41 Å². The van der Waals surface area contributed by atoms with Crippen molar-refractivity contribution < 1.29 is 76.4 Å². The van der Waals surface area contributed by atoms with Gasteiger partial charge in [0.05, 0.1) is 26.1 Å². The minimum atomic E-state index is -1.51. The van der Waals surface area contributed by atoms with Gasteiger partial charge in [0, 0.05) is 46.9 Å². The topological polar surface area (TPSA) is 254 Å². The quantitative estimate of drug-likeness (QED) is 0.166. The van der Waals surface area contributed by atoms with E-state index in [0.717, 1.165) is 21.4 Å². The van der Waals surface area contributed by atoms with Gasteiger partial charge in [-0.15, -0.1) is 0 Å². The lowest BCUT2D eigenvalue weighted by Gasteiger charge is -2.36. The number of hydrogen-bond donors (Lipinski definition) is 1. The SMILES string of the molecule is COc1ccc(CC[C@H]2OC(=O)[C@@H]3CCCCN3C(=O)C(=O)C(C)(C)COC(=O)/C=C\CCN(C)C(=O)[C@@H]3CCCN3C(=O)[C@H](CC(=O)OC(C)(C)C)N(C)C(=O)C(c3ccccc3)NC(=O)[C@H](C)N(C)C(=O)COc3cccc2c3)cc1OC. The Morgan fingerprint density at radius 2 is 1.41 bits per heavy atom. The van der Waals surface area contributed by atoms with Gasteiger partial charge in [0.2, 0.25) is 29.4 Å². The Morgan fingerprint density at radius 1 is 0.729 bits per heavy atom. The lowest BCUT2D eigenvalue weighted by atomic mass is 9.87. The number of likely N-dealkylation sites (N-methyl/N-ethyl adjacent to an activating group) is 3. The average molecular weight is 1180 g/mol. The molecule has 3 aliphatic rings. The van der Waals surface area contributed by atoms with Gasteiger partial charge in [-0.3, -0.25) is 38.4 Å². The van der Waals surface area contributed by atoms with E-state index in [2.05, 4.69) is 5.32 Å². The number of carbonyl (C=O) groups is 10. The highest BCUT2D eigenvalue weighted by molar-refractivity contribution is 6.38. The largest absolute Gasteiger partial charge is 0.493 e. The molecule has 2 bridgehead atoms. The first kappa shape index (κ1) is 65.8. The molecule has 3 aromatic carbocycles. The first-order valence-corrected chi connectivity index (χ1v) is 28.7. The number of esters is 3. The van der Waals surface area contributed by atoms with Crippen LogP contribution >= 0.6 is 0 Å². The number of hydrogen-bond acceptors (Lipinski definition) is 16. The molecule has 22 nitrogen and oxygen atoms in total.